The molecule has 0 aromatic heterocycles. The molecule has 158 valence electrons. The van der Waals surface area contributed by atoms with E-state index >= 15 is 0 Å². The lowest BCUT2D eigenvalue weighted by Crippen LogP contribution is -2.53. The molecule has 1 aliphatic rings. The quantitative estimate of drug-likeness (QED) is 0.480. The molecule has 0 unspecified atom stereocenters. The van der Waals surface area contributed by atoms with Gasteiger partial charge in [0.2, 0.25) is 10.0 Å². The van der Waals surface area contributed by atoms with Crippen LogP contribution in [0.15, 0.2) is 29.2 Å². The van der Waals surface area contributed by atoms with Crippen molar-refractivity contribution >= 4 is 16.1 Å². The van der Waals surface area contributed by atoms with E-state index in [1.54, 1.807) is 0 Å². The highest BCUT2D eigenvalue weighted by Crippen LogP contribution is 2.22. The van der Waals surface area contributed by atoms with Crippen molar-refractivity contribution in [3.8, 4) is 0 Å². The summed E-state index contributed by atoms with van der Waals surface area (Å²) in [5, 5.41) is 15.1. The first kappa shape index (κ1) is 22.5. The highest BCUT2D eigenvalue weighted by atomic mass is 32.2. The second-order valence-electron chi connectivity index (χ2n) is 6.71. The first-order valence-corrected chi connectivity index (χ1v) is 10.9. The Morgan fingerprint density at radius 2 is 2.11 bits per heavy atom. The smallest absolute Gasteiger partial charge is 0.315 e. The number of rotatable bonds is 9. The van der Waals surface area contributed by atoms with Crippen LogP contribution < -0.4 is 15.4 Å². The molecular formula is C18H28FN3O5S. The Balaban J connectivity index is 1.81. The number of halogens is 1. The first-order chi connectivity index (χ1) is 13.4. The number of sulfonamides is 1. The summed E-state index contributed by atoms with van der Waals surface area (Å²) >= 11 is 0. The van der Waals surface area contributed by atoms with Crippen LogP contribution in [-0.2, 0) is 14.8 Å². The summed E-state index contributed by atoms with van der Waals surface area (Å²) in [6.07, 6.45) is 1.67. The van der Waals surface area contributed by atoms with Crippen LogP contribution >= 0.6 is 0 Å². The van der Waals surface area contributed by atoms with E-state index in [4.69, 9.17) is 4.74 Å². The Bertz CT molecular complexity index is 746. The normalized spacial score (nSPS) is 22.6. The molecule has 2 amide bonds. The van der Waals surface area contributed by atoms with Gasteiger partial charge in [-0.05, 0) is 43.9 Å². The van der Waals surface area contributed by atoms with Crippen molar-refractivity contribution in [1.82, 2.24) is 15.4 Å². The van der Waals surface area contributed by atoms with Crippen molar-refractivity contribution in [2.75, 3.05) is 19.7 Å². The SMILES string of the molecule is CCCNC(=O)N[C@H]1CC[C@H](CCNS(=O)(=O)c2cccc(F)c2)O[C@H]1CO. The summed E-state index contributed by atoms with van der Waals surface area (Å²) in [5.74, 6) is -0.620. The average molecular weight is 418 g/mol. The van der Waals surface area contributed by atoms with Gasteiger partial charge in [0.05, 0.1) is 23.6 Å². The molecule has 1 aromatic rings. The molecule has 28 heavy (non-hydrogen) atoms. The lowest BCUT2D eigenvalue weighted by molar-refractivity contribution is -0.0886. The topological polar surface area (TPSA) is 117 Å². The standard InChI is InChI=1S/C18H28FN3O5S/c1-2-9-20-18(24)22-16-7-6-14(27-17(16)12-23)8-10-21-28(25,26)15-5-3-4-13(19)11-15/h3-5,11,14,16-17,21,23H,2,6-10,12H2,1H3,(H2,20,22,24)/t14-,16+,17+/m1/s1. The number of hydrogen-bond donors (Lipinski definition) is 4. The van der Waals surface area contributed by atoms with Crippen LogP contribution in [0, 0.1) is 5.82 Å². The van der Waals surface area contributed by atoms with E-state index in [0.29, 0.717) is 25.8 Å². The molecule has 1 aromatic carbocycles. The number of nitrogens with one attached hydrogen (secondary N) is 3. The van der Waals surface area contributed by atoms with Gasteiger partial charge in [-0.3, -0.25) is 0 Å². The third kappa shape index (κ3) is 6.69. The van der Waals surface area contributed by atoms with Gasteiger partial charge in [-0.15, -0.1) is 0 Å². The molecule has 4 N–H and O–H groups in total. The highest BCUT2D eigenvalue weighted by molar-refractivity contribution is 7.89. The van der Waals surface area contributed by atoms with E-state index < -0.39 is 21.9 Å². The minimum Gasteiger partial charge on any atom is -0.394 e. The van der Waals surface area contributed by atoms with Crippen LogP contribution in [0.3, 0.4) is 0 Å². The van der Waals surface area contributed by atoms with Gasteiger partial charge < -0.3 is 20.5 Å². The van der Waals surface area contributed by atoms with Gasteiger partial charge in [0.1, 0.15) is 11.9 Å². The highest BCUT2D eigenvalue weighted by Gasteiger charge is 2.31. The van der Waals surface area contributed by atoms with Gasteiger partial charge in [0, 0.05) is 13.1 Å². The fourth-order valence-corrected chi connectivity index (χ4v) is 4.12. The number of amides is 2. The Hall–Kier alpha value is -1.75. The molecule has 2 rings (SSSR count). The van der Waals surface area contributed by atoms with Crippen molar-refractivity contribution in [3.05, 3.63) is 30.1 Å². The van der Waals surface area contributed by atoms with Crippen molar-refractivity contribution in [3.63, 3.8) is 0 Å². The van der Waals surface area contributed by atoms with E-state index in [9.17, 15) is 22.7 Å². The van der Waals surface area contributed by atoms with Crippen LogP contribution in [0.4, 0.5) is 9.18 Å². The summed E-state index contributed by atoms with van der Waals surface area (Å²) < 4.78 is 45.8. The number of aliphatic hydroxyl groups is 1. The maximum absolute atomic E-state index is 13.2. The maximum atomic E-state index is 13.2. The number of carbonyl (C=O) groups excluding carboxylic acids is 1. The van der Waals surface area contributed by atoms with Gasteiger partial charge >= 0.3 is 6.03 Å². The molecule has 0 aliphatic carbocycles. The number of hydrogen-bond acceptors (Lipinski definition) is 5. The summed E-state index contributed by atoms with van der Waals surface area (Å²) in [7, 11) is -3.80. The Morgan fingerprint density at radius 3 is 2.79 bits per heavy atom. The largest absolute Gasteiger partial charge is 0.394 e. The van der Waals surface area contributed by atoms with Crippen molar-refractivity contribution in [2.45, 2.75) is 55.8 Å². The van der Waals surface area contributed by atoms with E-state index in [0.717, 1.165) is 12.5 Å². The van der Waals surface area contributed by atoms with Crippen molar-refractivity contribution in [2.24, 2.45) is 0 Å². The third-order valence-corrected chi connectivity index (χ3v) is 5.97. The van der Waals surface area contributed by atoms with E-state index in [2.05, 4.69) is 15.4 Å². The van der Waals surface area contributed by atoms with Gasteiger partial charge in [0.25, 0.3) is 0 Å². The van der Waals surface area contributed by atoms with Crippen molar-refractivity contribution < 1.29 is 27.4 Å². The number of aliphatic hydroxyl groups excluding tert-OH is 1. The molecule has 10 heteroatoms. The summed E-state index contributed by atoms with van der Waals surface area (Å²) in [4.78, 5) is 11.7. The second-order valence-corrected chi connectivity index (χ2v) is 8.47. The van der Waals surface area contributed by atoms with Crippen LogP contribution in [0.1, 0.15) is 32.6 Å². The molecule has 0 radical (unpaired) electrons. The molecular weight excluding hydrogens is 389 g/mol. The monoisotopic (exact) mass is 417 g/mol. The maximum Gasteiger partial charge on any atom is 0.315 e. The van der Waals surface area contributed by atoms with Crippen molar-refractivity contribution in [1.29, 1.82) is 0 Å². The van der Waals surface area contributed by atoms with Crippen LogP contribution in [0.5, 0.6) is 0 Å². The zero-order valence-corrected chi connectivity index (χ0v) is 16.7. The Labute approximate surface area is 164 Å². The van der Waals surface area contributed by atoms with E-state index in [1.165, 1.54) is 18.2 Å². The van der Waals surface area contributed by atoms with E-state index in [-0.39, 0.29) is 36.2 Å². The Morgan fingerprint density at radius 1 is 1.32 bits per heavy atom. The zero-order chi connectivity index (χ0) is 20.6. The lowest BCUT2D eigenvalue weighted by Gasteiger charge is -2.36. The van der Waals surface area contributed by atoms with Crippen LogP contribution in [0.25, 0.3) is 0 Å². The second kappa shape index (κ2) is 10.7. The molecule has 8 nitrogen and oxygen atoms in total. The van der Waals surface area contributed by atoms with Crippen LogP contribution in [0.2, 0.25) is 0 Å². The Kier molecular flexibility index (Phi) is 8.61. The zero-order valence-electron chi connectivity index (χ0n) is 15.9. The average Bonchev–Trinajstić information content (AvgIpc) is 2.67. The van der Waals surface area contributed by atoms with Gasteiger partial charge in [0.15, 0.2) is 0 Å². The fraction of sp³-hybridized carbons (Fsp3) is 0.611. The van der Waals surface area contributed by atoms with Gasteiger partial charge in [-0.1, -0.05) is 13.0 Å². The molecule has 0 saturated carbocycles. The molecule has 1 fully saturated rings. The molecule has 1 aliphatic heterocycles. The van der Waals surface area contributed by atoms with E-state index in [1.807, 2.05) is 6.92 Å². The van der Waals surface area contributed by atoms with Crippen LogP contribution in [-0.4, -0.2) is 57.5 Å². The lowest BCUT2D eigenvalue weighted by atomic mass is 9.97. The summed E-state index contributed by atoms with van der Waals surface area (Å²) in [5.41, 5.74) is 0. The predicted octanol–water partition coefficient (Wildman–Crippen LogP) is 1.11. The number of benzene rings is 1. The summed E-state index contributed by atoms with van der Waals surface area (Å²) in [6, 6.07) is 4.20. The molecule has 0 spiro atoms. The molecule has 1 saturated heterocycles. The molecule has 1 heterocycles. The minimum absolute atomic E-state index is 0.122. The fourth-order valence-electron chi connectivity index (χ4n) is 3.04. The molecule has 0 bridgehead atoms. The number of urea groups is 1. The van der Waals surface area contributed by atoms with Gasteiger partial charge in [-0.2, -0.15) is 0 Å². The first-order valence-electron chi connectivity index (χ1n) is 9.41. The molecule has 3 atom stereocenters. The number of ether oxygens (including phenoxy) is 1. The third-order valence-electron chi connectivity index (χ3n) is 4.51. The predicted molar refractivity (Wildman–Crippen MR) is 102 cm³/mol. The minimum atomic E-state index is -3.80. The summed E-state index contributed by atoms with van der Waals surface area (Å²) in [6.45, 7) is 2.39. The number of carbonyl (C=O) groups is 1. The van der Waals surface area contributed by atoms with Gasteiger partial charge in [-0.25, -0.2) is 22.3 Å².